The van der Waals surface area contributed by atoms with Gasteiger partial charge >= 0.3 is 0 Å². The van der Waals surface area contributed by atoms with E-state index in [0.717, 1.165) is 17.0 Å². The van der Waals surface area contributed by atoms with Crippen LogP contribution in [-0.4, -0.2) is 26.1 Å². The monoisotopic (exact) mass is 317 g/mol. The number of halogens is 2. The fourth-order valence-corrected chi connectivity index (χ4v) is 2.36. The molecule has 1 amide bonds. The average molecular weight is 317 g/mol. The molecule has 0 bridgehead atoms. The zero-order chi connectivity index (χ0) is 16.6. The topological polar surface area (TPSA) is 69.2 Å². The third-order valence-electron chi connectivity index (χ3n) is 3.51. The van der Waals surface area contributed by atoms with Gasteiger partial charge in [-0.2, -0.15) is 0 Å². The molecule has 0 saturated carbocycles. The Bertz CT molecular complexity index is 892. The van der Waals surface area contributed by atoms with Crippen LogP contribution in [0.2, 0.25) is 0 Å². The number of hydrogen-bond donors (Lipinski definition) is 2. The quantitative estimate of drug-likeness (QED) is 0.576. The van der Waals surface area contributed by atoms with Crippen LogP contribution in [0.15, 0.2) is 36.5 Å². The van der Waals surface area contributed by atoms with E-state index < -0.39 is 24.1 Å². The van der Waals surface area contributed by atoms with Crippen LogP contribution in [0.1, 0.15) is 21.7 Å². The summed E-state index contributed by atoms with van der Waals surface area (Å²) in [6.45, 7) is 1.33. The average Bonchev–Trinajstić information content (AvgIpc) is 2.98. The first kappa shape index (κ1) is 15.1. The van der Waals surface area contributed by atoms with Crippen molar-refractivity contribution in [3.8, 4) is 0 Å². The fourth-order valence-electron chi connectivity index (χ4n) is 2.36. The summed E-state index contributed by atoms with van der Waals surface area (Å²) in [5.41, 5.74) is 1.45. The molecule has 3 aromatic rings. The summed E-state index contributed by atoms with van der Waals surface area (Å²) in [5, 5.41) is 11.0. The minimum atomic E-state index is -0.831. The summed E-state index contributed by atoms with van der Waals surface area (Å²) in [7, 11) is 0. The highest BCUT2D eigenvalue weighted by molar-refractivity contribution is 5.95. The molecule has 3 rings (SSSR count). The summed E-state index contributed by atoms with van der Waals surface area (Å²) in [5.74, 6) is -2.32. The zero-order valence-corrected chi connectivity index (χ0v) is 12.2. The minimum Gasteiger partial charge on any atom is -0.360 e. The van der Waals surface area contributed by atoms with E-state index in [9.17, 15) is 18.8 Å². The van der Waals surface area contributed by atoms with Gasteiger partial charge in [0.05, 0.1) is 17.8 Å². The van der Waals surface area contributed by atoms with E-state index in [1.165, 1.54) is 12.1 Å². The lowest BCUT2D eigenvalue weighted by Crippen LogP contribution is -2.28. The summed E-state index contributed by atoms with van der Waals surface area (Å²) < 4.78 is 26.5. The highest BCUT2D eigenvalue weighted by Crippen LogP contribution is 2.18. The number of pyridine rings is 1. The second kappa shape index (κ2) is 5.77. The first-order chi connectivity index (χ1) is 11.0. The van der Waals surface area contributed by atoms with Crippen molar-refractivity contribution in [3.63, 3.8) is 0 Å². The van der Waals surface area contributed by atoms with Gasteiger partial charge in [0.1, 0.15) is 17.3 Å². The molecule has 118 valence electrons. The van der Waals surface area contributed by atoms with Crippen molar-refractivity contribution in [1.82, 2.24) is 15.0 Å². The number of amides is 1. The van der Waals surface area contributed by atoms with Crippen molar-refractivity contribution >= 4 is 16.8 Å². The van der Waals surface area contributed by atoms with Crippen LogP contribution >= 0.6 is 0 Å². The van der Waals surface area contributed by atoms with E-state index in [0.29, 0.717) is 16.8 Å². The van der Waals surface area contributed by atoms with Gasteiger partial charge in [-0.25, -0.2) is 18.8 Å². The number of carbonyl (C=O) groups is 1. The van der Waals surface area contributed by atoms with Crippen molar-refractivity contribution in [2.75, 3.05) is 0 Å². The SMILES string of the molecule is Cc1nc(C(=O)N(O)Cc2ccc(F)cc2F)cc2cc[nH]c12. The Labute approximate surface area is 130 Å². The molecular weight excluding hydrogens is 304 g/mol. The van der Waals surface area contributed by atoms with Crippen molar-refractivity contribution < 1.29 is 18.8 Å². The van der Waals surface area contributed by atoms with E-state index in [2.05, 4.69) is 9.97 Å². The number of fused-ring (bicyclic) bond motifs is 1. The van der Waals surface area contributed by atoms with E-state index in [4.69, 9.17) is 0 Å². The van der Waals surface area contributed by atoms with Crippen LogP contribution in [0.5, 0.6) is 0 Å². The highest BCUT2D eigenvalue weighted by Gasteiger charge is 2.19. The maximum Gasteiger partial charge on any atom is 0.296 e. The molecule has 0 atom stereocenters. The van der Waals surface area contributed by atoms with Gasteiger partial charge in [-0.3, -0.25) is 10.0 Å². The molecule has 2 aromatic heterocycles. The Morgan fingerprint density at radius 1 is 1.30 bits per heavy atom. The molecule has 5 nitrogen and oxygen atoms in total. The number of nitrogens with zero attached hydrogens (tertiary/aromatic N) is 2. The fraction of sp³-hybridized carbons (Fsp3) is 0.125. The molecule has 0 unspecified atom stereocenters. The minimum absolute atomic E-state index is 0.00157. The predicted octanol–water partition coefficient (Wildman–Crippen LogP) is 3.18. The molecule has 7 heteroatoms. The summed E-state index contributed by atoms with van der Waals surface area (Å²) in [4.78, 5) is 19.4. The maximum atomic E-state index is 13.6. The van der Waals surface area contributed by atoms with Gasteiger partial charge in [0, 0.05) is 23.2 Å². The van der Waals surface area contributed by atoms with Gasteiger partial charge in [0.15, 0.2) is 0 Å². The zero-order valence-electron chi connectivity index (χ0n) is 12.2. The number of H-pyrrole nitrogens is 1. The number of aromatic nitrogens is 2. The number of aryl methyl sites for hydroxylation is 1. The molecule has 0 aliphatic rings. The third-order valence-corrected chi connectivity index (χ3v) is 3.51. The molecular formula is C16H13F2N3O2. The van der Waals surface area contributed by atoms with E-state index in [1.807, 2.05) is 0 Å². The number of nitrogens with one attached hydrogen (secondary N) is 1. The van der Waals surface area contributed by atoms with E-state index in [1.54, 1.807) is 19.2 Å². The van der Waals surface area contributed by atoms with Crippen LogP contribution in [-0.2, 0) is 6.54 Å². The lowest BCUT2D eigenvalue weighted by atomic mass is 10.2. The van der Waals surface area contributed by atoms with E-state index >= 15 is 0 Å². The van der Waals surface area contributed by atoms with Crippen LogP contribution in [0.4, 0.5) is 8.78 Å². The lowest BCUT2D eigenvalue weighted by molar-refractivity contribution is -0.0657. The smallest absolute Gasteiger partial charge is 0.296 e. The number of benzene rings is 1. The van der Waals surface area contributed by atoms with Gasteiger partial charge in [-0.15, -0.1) is 0 Å². The number of carbonyl (C=O) groups excluding carboxylic acids is 1. The molecule has 1 aromatic carbocycles. The molecule has 0 aliphatic carbocycles. The summed E-state index contributed by atoms with van der Waals surface area (Å²) in [6, 6.07) is 6.25. The Hall–Kier alpha value is -2.80. The Morgan fingerprint density at radius 3 is 2.83 bits per heavy atom. The largest absolute Gasteiger partial charge is 0.360 e. The van der Waals surface area contributed by atoms with Gasteiger partial charge in [-0.05, 0) is 25.1 Å². The molecule has 0 fully saturated rings. The summed E-state index contributed by atoms with van der Waals surface area (Å²) in [6.07, 6.45) is 1.72. The number of hydrogen-bond acceptors (Lipinski definition) is 3. The van der Waals surface area contributed by atoms with Crippen molar-refractivity contribution in [2.24, 2.45) is 0 Å². The van der Waals surface area contributed by atoms with Crippen LogP contribution < -0.4 is 0 Å². The Balaban J connectivity index is 1.86. The molecule has 0 radical (unpaired) electrons. The van der Waals surface area contributed by atoms with Crippen LogP contribution in [0.3, 0.4) is 0 Å². The first-order valence-electron chi connectivity index (χ1n) is 6.85. The molecule has 0 aliphatic heterocycles. The van der Waals surface area contributed by atoms with Gasteiger partial charge in [-0.1, -0.05) is 6.07 Å². The van der Waals surface area contributed by atoms with Crippen LogP contribution in [0, 0.1) is 18.6 Å². The van der Waals surface area contributed by atoms with Crippen molar-refractivity contribution in [2.45, 2.75) is 13.5 Å². The number of hydroxylamine groups is 2. The summed E-state index contributed by atoms with van der Waals surface area (Å²) >= 11 is 0. The molecule has 2 N–H and O–H groups in total. The second-order valence-corrected chi connectivity index (χ2v) is 5.13. The van der Waals surface area contributed by atoms with Gasteiger partial charge in [0.25, 0.3) is 5.91 Å². The first-order valence-corrected chi connectivity index (χ1v) is 6.85. The molecule has 0 saturated heterocycles. The standard InChI is InChI=1S/C16H13F2N3O2/c1-9-15-10(4-5-19-15)6-14(20-9)16(22)21(23)8-11-2-3-12(17)7-13(11)18/h2-7,19,23H,8H2,1H3. The normalized spacial score (nSPS) is 11.0. The number of rotatable bonds is 3. The molecule has 2 heterocycles. The third kappa shape index (κ3) is 2.91. The van der Waals surface area contributed by atoms with Crippen LogP contribution in [0.25, 0.3) is 10.9 Å². The van der Waals surface area contributed by atoms with Gasteiger partial charge < -0.3 is 4.98 Å². The molecule has 23 heavy (non-hydrogen) atoms. The highest BCUT2D eigenvalue weighted by atomic mass is 19.1. The number of aromatic amines is 1. The Morgan fingerprint density at radius 2 is 2.09 bits per heavy atom. The second-order valence-electron chi connectivity index (χ2n) is 5.13. The van der Waals surface area contributed by atoms with Crippen molar-refractivity contribution in [3.05, 3.63) is 65.1 Å². The Kier molecular flexibility index (Phi) is 3.79. The van der Waals surface area contributed by atoms with E-state index in [-0.39, 0.29) is 11.3 Å². The maximum absolute atomic E-state index is 13.6. The lowest BCUT2D eigenvalue weighted by Gasteiger charge is -2.15. The molecule has 0 spiro atoms. The van der Waals surface area contributed by atoms with Crippen molar-refractivity contribution in [1.29, 1.82) is 0 Å². The predicted molar refractivity (Wildman–Crippen MR) is 78.8 cm³/mol. The van der Waals surface area contributed by atoms with Gasteiger partial charge in [0.2, 0.25) is 0 Å².